The van der Waals surface area contributed by atoms with Crippen LogP contribution in [0.2, 0.25) is 0 Å². The quantitative estimate of drug-likeness (QED) is 0.419. The SMILES string of the molecule is O=C(Cc1ccccc1)N[C@@H](C(=O)O)[C@H](O)c1ccc(N=Cc2ccccc2O)cc1. The van der Waals surface area contributed by atoms with Crippen LogP contribution in [0.4, 0.5) is 5.69 Å². The summed E-state index contributed by atoms with van der Waals surface area (Å²) in [6, 6.07) is 20.5. The standard InChI is InChI=1S/C24H22N2O5/c27-20-9-5-4-8-18(20)15-25-19-12-10-17(11-13-19)23(29)22(24(30)31)26-21(28)14-16-6-2-1-3-7-16/h1-13,15,22-23,27,29H,14H2,(H,26,28)(H,30,31)/t22-,23-/m1/s1. The molecule has 0 aliphatic rings. The highest BCUT2D eigenvalue weighted by Crippen LogP contribution is 2.22. The molecule has 0 unspecified atom stereocenters. The van der Waals surface area contributed by atoms with Crippen molar-refractivity contribution < 1.29 is 24.9 Å². The lowest BCUT2D eigenvalue weighted by molar-refractivity contribution is -0.145. The largest absolute Gasteiger partial charge is 0.507 e. The van der Waals surface area contributed by atoms with Crippen LogP contribution < -0.4 is 5.32 Å². The van der Waals surface area contributed by atoms with Crippen molar-refractivity contribution in [3.63, 3.8) is 0 Å². The first-order valence-corrected chi connectivity index (χ1v) is 9.60. The van der Waals surface area contributed by atoms with Gasteiger partial charge in [-0.25, -0.2) is 4.79 Å². The van der Waals surface area contributed by atoms with Gasteiger partial charge in [0.1, 0.15) is 11.9 Å². The Bertz CT molecular complexity index is 1060. The summed E-state index contributed by atoms with van der Waals surface area (Å²) in [6.07, 6.45) is 0.0792. The molecule has 0 bridgehead atoms. The highest BCUT2D eigenvalue weighted by atomic mass is 16.4. The second-order valence-electron chi connectivity index (χ2n) is 6.90. The summed E-state index contributed by atoms with van der Waals surface area (Å²) in [5.74, 6) is -1.73. The summed E-state index contributed by atoms with van der Waals surface area (Å²) in [6.45, 7) is 0. The van der Waals surface area contributed by atoms with E-state index in [2.05, 4.69) is 10.3 Å². The van der Waals surface area contributed by atoms with Crippen LogP contribution in [0.25, 0.3) is 0 Å². The van der Waals surface area contributed by atoms with Crippen molar-refractivity contribution in [3.8, 4) is 5.75 Å². The van der Waals surface area contributed by atoms with Crippen LogP contribution in [0, 0.1) is 0 Å². The van der Waals surface area contributed by atoms with Crippen molar-refractivity contribution in [1.82, 2.24) is 5.32 Å². The fourth-order valence-electron chi connectivity index (χ4n) is 2.97. The van der Waals surface area contributed by atoms with Gasteiger partial charge in [-0.3, -0.25) is 9.79 Å². The summed E-state index contributed by atoms with van der Waals surface area (Å²) in [4.78, 5) is 28.1. The zero-order chi connectivity index (χ0) is 22.2. The van der Waals surface area contributed by atoms with E-state index in [9.17, 15) is 24.9 Å². The minimum absolute atomic E-state index is 0.0112. The highest BCUT2D eigenvalue weighted by molar-refractivity contribution is 5.86. The molecule has 7 heteroatoms. The van der Waals surface area contributed by atoms with Crippen molar-refractivity contribution in [2.45, 2.75) is 18.6 Å². The van der Waals surface area contributed by atoms with Gasteiger partial charge in [0.25, 0.3) is 0 Å². The molecular weight excluding hydrogens is 396 g/mol. The lowest BCUT2D eigenvalue weighted by Gasteiger charge is -2.21. The zero-order valence-electron chi connectivity index (χ0n) is 16.6. The molecule has 3 aromatic rings. The maximum atomic E-state index is 12.2. The number of carbonyl (C=O) groups is 2. The Labute approximate surface area is 179 Å². The number of nitrogens with one attached hydrogen (secondary N) is 1. The second-order valence-corrected chi connectivity index (χ2v) is 6.90. The number of amides is 1. The van der Waals surface area contributed by atoms with Crippen molar-refractivity contribution in [2.75, 3.05) is 0 Å². The molecule has 1 amide bonds. The molecule has 0 radical (unpaired) electrons. The third-order valence-electron chi connectivity index (χ3n) is 4.63. The van der Waals surface area contributed by atoms with Gasteiger partial charge in [0.05, 0.1) is 12.1 Å². The molecule has 0 saturated heterocycles. The number of aliphatic hydroxyl groups is 1. The molecule has 0 heterocycles. The summed E-state index contributed by atoms with van der Waals surface area (Å²) in [7, 11) is 0. The fraction of sp³-hybridized carbons (Fsp3) is 0.125. The number of carboxylic acid groups (broad SMARTS) is 1. The van der Waals surface area contributed by atoms with Gasteiger partial charge in [0.2, 0.25) is 5.91 Å². The fourth-order valence-corrected chi connectivity index (χ4v) is 2.97. The number of aromatic hydroxyl groups is 1. The Morgan fingerprint density at radius 1 is 0.935 bits per heavy atom. The number of hydrogen-bond donors (Lipinski definition) is 4. The molecule has 0 aromatic heterocycles. The number of hydrogen-bond acceptors (Lipinski definition) is 5. The summed E-state index contributed by atoms with van der Waals surface area (Å²) >= 11 is 0. The predicted molar refractivity (Wildman–Crippen MR) is 116 cm³/mol. The van der Waals surface area contributed by atoms with Gasteiger partial charge in [0.15, 0.2) is 6.04 Å². The van der Waals surface area contributed by atoms with E-state index < -0.39 is 24.0 Å². The number of carboxylic acids is 1. The highest BCUT2D eigenvalue weighted by Gasteiger charge is 2.29. The number of para-hydroxylation sites is 1. The van der Waals surface area contributed by atoms with E-state index in [1.165, 1.54) is 6.21 Å². The summed E-state index contributed by atoms with van der Waals surface area (Å²) in [5, 5.41) is 32.2. The van der Waals surface area contributed by atoms with Gasteiger partial charge in [-0.15, -0.1) is 0 Å². The van der Waals surface area contributed by atoms with Crippen LogP contribution >= 0.6 is 0 Å². The van der Waals surface area contributed by atoms with Crippen LogP contribution in [0.1, 0.15) is 22.8 Å². The number of aliphatic hydroxyl groups excluding tert-OH is 1. The molecule has 0 saturated carbocycles. The van der Waals surface area contributed by atoms with E-state index in [1.807, 2.05) is 6.07 Å². The van der Waals surface area contributed by atoms with E-state index >= 15 is 0 Å². The van der Waals surface area contributed by atoms with E-state index in [1.54, 1.807) is 72.8 Å². The minimum Gasteiger partial charge on any atom is -0.507 e. The Morgan fingerprint density at radius 2 is 1.58 bits per heavy atom. The maximum absolute atomic E-state index is 12.2. The van der Waals surface area contributed by atoms with E-state index in [-0.39, 0.29) is 12.2 Å². The monoisotopic (exact) mass is 418 g/mol. The molecule has 2 atom stereocenters. The van der Waals surface area contributed by atoms with Gasteiger partial charge in [-0.1, -0.05) is 54.6 Å². The number of aliphatic imine (C=N–C) groups is 1. The molecule has 3 aromatic carbocycles. The molecular formula is C24H22N2O5. The molecule has 0 aliphatic heterocycles. The van der Waals surface area contributed by atoms with Gasteiger partial charge < -0.3 is 20.6 Å². The van der Waals surface area contributed by atoms with Crippen molar-refractivity contribution in [3.05, 3.63) is 95.6 Å². The molecule has 31 heavy (non-hydrogen) atoms. The molecule has 0 spiro atoms. The normalized spacial score (nSPS) is 12.9. The molecule has 7 nitrogen and oxygen atoms in total. The predicted octanol–water partition coefficient (Wildman–Crippen LogP) is 2.99. The number of benzene rings is 3. The first-order valence-electron chi connectivity index (χ1n) is 9.60. The van der Waals surface area contributed by atoms with E-state index in [0.717, 1.165) is 5.56 Å². The van der Waals surface area contributed by atoms with Crippen LogP contribution in [0.15, 0.2) is 83.9 Å². The maximum Gasteiger partial charge on any atom is 0.329 e. The second kappa shape index (κ2) is 10.2. The number of rotatable bonds is 8. The number of phenolic OH excluding ortho intramolecular Hbond substituents is 1. The molecule has 0 aliphatic carbocycles. The third kappa shape index (κ3) is 6.01. The van der Waals surface area contributed by atoms with Crippen LogP contribution in [-0.2, 0) is 16.0 Å². The topological polar surface area (TPSA) is 119 Å². The van der Waals surface area contributed by atoms with E-state index in [4.69, 9.17) is 0 Å². The van der Waals surface area contributed by atoms with Gasteiger partial charge in [-0.2, -0.15) is 0 Å². The average Bonchev–Trinajstić information content (AvgIpc) is 2.77. The zero-order valence-corrected chi connectivity index (χ0v) is 16.6. The summed E-state index contributed by atoms with van der Waals surface area (Å²) in [5.41, 5.74) is 2.18. The number of aliphatic carboxylic acids is 1. The number of phenols is 1. The molecule has 3 rings (SSSR count). The Balaban J connectivity index is 1.67. The lowest BCUT2D eigenvalue weighted by Crippen LogP contribution is -2.45. The molecule has 158 valence electrons. The van der Waals surface area contributed by atoms with Crippen LogP contribution in [0.3, 0.4) is 0 Å². The van der Waals surface area contributed by atoms with Crippen molar-refractivity contribution in [1.29, 1.82) is 0 Å². The van der Waals surface area contributed by atoms with Crippen molar-refractivity contribution >= 4 is 23.8 Å². The first-order chi connectivity index (χ1) is 14.9. The molecule has 4 N–H and O–H groups in total. The smallest absolute Gasteiger partial charge is 0.329 e. The van der Waals surface area contributed by atoms with Crippen LogP contribution in [-0.4, -0.2) is 39.5 Å². The van der Waals surface area contributed by atoms with E-state index in [0.29, 0.717) is 16.8 Å². The lowest BCUT2D eigenvalue weighted by atomic mass is 10.0. The number of nitrogens with zero attached hydrogens (tertiary/aromatic N) is 1. The first kappa shape index (κ1) is 21.7. The minimum atomic E-state index is -1.49. The Kier molecular flexibility index (Phi) is 7.13. The number of carbonyl (C=O) groups excluding carboxylic acids is 1. The van der Waals surface area contributed by atoms with Crippen molar-refractivity contribution in [2.24, 2.45) is 4.99 Å². The van der Waals surface area contributed by atoms with Gasteiger partial charge in [0, 0.05) is 11.8 Å². The molecule has 0 fully saturated rings. The van der Waals surface area contributed by atoms with Gasteiger partial charge >= 0.3 is 5.97 Å². The Morgan fingerprint density at radius 3 is 2.23 bits per heavy atom. The van der Waals surface area contributed by atoms with Gasteiger partial charge in [-0.05, 0) is 35.4 Å². The third-order valence-corrected chi connectivity index (χ3v) is 4.63. The average molecular weight is 418 g/mol. The van der Waals surface area contributed by atoms with Crippen LogP contribution in [0.5, 0.6) is 5.75 Å². The Hall–Kier alpha value is -3.97. The summed E-state index contributed by atoms with van der Waals surface area (Å²) < 4.78 is 0.